The monoisotopic (exact) mass is 304 g/mol. The van der Waals surface area contributed by atoms with E-state index < -0.39 is 0 Å². The summed E-state index contributed by atoms with van der Waals surface area (Å²) in [6.45, 7) is 0. The second kappa shape index (κ2) is 4.55. The van der Waals surface area contributed by atoms with Gasteiger partial charge in [0.1, 0.15) is 5.04 Å². The summed E-state index contributed by atoms with van der Waals surface area (Å²) in [5.41, 5.74) is 5.27. The lowest BCUT2D eigenvalue weighted by Crippen LogP contribution is -2.06. The average Bonchev–Trinajstić information content (AvgIpc) is 2.40. The van der Waals surface area contributed by atoms with Crippen LogP contribution in [-0.2, 0) is 0 Å². The van der Waals surface area contributed by atoms with Crippen LogP contribution in [0.3, 0.4) is 0 Å². The Morgan fingerprint density at radius 1 is 1.00 bits per heavy atom. The highest BCUT2D eigenvalue weighted by molar-refractivity contribution is 9.10. The molecule has 17 heavy (non-hydrogen) atoms. The Morgan fingerprint density at radius 3 is 2.65 bits per heavy atom. The predicted molar refractivity (Wildman–Crippen MR) is 76.6 cm³/mol. The van der Waals surface area contributed by atoms with E-state index in [1.807, 2.05) is 30.3 Å². The highest BCUT2D eigenvalue weighted by Gasteiger charge is 2.16. The number of hydrogen-bond donors (Lipinski definition) is 1. The molecule has 0 amide bonds. The minimum Gasteiger partial charge on any atom is -0.275 e. The van der Waals surface area contributed by atoms with Crippen LogP contribution in [0, 0.1) is 0 Å². The predicted octanol–water partition coefficient (Wildman–Crippen LogP) is 4.33. The van der Waals surface area contributed by atoms with Crippen molar-refractivity contribution in [2.75, 3.05) is 5.43 Å². The summed E-state index contributed by atoms with van der Waals surface area (Å²) in [5.74, 6) is 0. The molecule has 0 radical (unpaired) electrons. The van der Waals surface area contributed by atoms with Gasteiger partial charge in [-0.1, -0.05) is 48.2 Å². The lowest BCUT2D eigenvalue weighted by atomic mass is 10.2. The van der Waals surface area contributed by atoms with Crippen LogP contribution < -0.4 is 5.43 Å². The molecule has 0 spiro atoms. The van der Waals surface area contributed by atoms with Crippen molar-refractivity contribution in [1.29, 1.82) is 0 Å². The van der Waals surface area contributed by atoms with Gasteiger partial charge >= 0.3 is 0 Å². The third-order valence-corrected chi connectivity index (χ3v) is 4.21. The summed E-state index contributed by atoms with van der Waals surface area (Å²) < 4.78 is 1.04. The second-order valence-electron chi connectivity index (χ2n) is 3.61. The van der Waals surface area contributed by atoms with Crippen LogP contribution >= 0.6 is 27.7 Å². The highest BCUT2D eigenvalue weighted by atomic mass is 79.9. The number of benzene rings is 2. The molecule has 4 heteroatoms. The molecule has 2 nitrogen and oxygen atoms in total. The third kappa shape index (κ3) is 2.10. The molecule has 84 valence electrons. The maximum Gasteiger partial charge on any atom is 0.128 e. The number of rotatable bonds is 1. The number of nitrogens with one attached hydrogen (secondary N) is 1. The van der Waals surface area contributed by atoms with E-state index in [1.54, 1.807) is 11.8 Å². The van der Waals surface area contributed by atoms with Crippen molar-refractivity contribution in [3.8, 4) is 0 Å². The molecule has 0 atom stereocenters. The van der Waals surface area contributed by atoms with Crippen LogP contribution in [0.15, 0.2) is 63.0 Å². The van der Waals surface area contributed by atoms with E-state index in [-0.39, 0.29) is 0 Å². The van der Waals surface area contributed by atoms with Crippen LogP contribution in [0.1, 0.15) is 5.56 Å². The first-order valence-corrected chi connectivity index (χ1v) is 6.81. The smallest absolute Gasteiger partial charge is 0.128 e. The van der Waals surface area contributed by atoms with Gasteiger partial charge in [0, 0.05) is 14.9 Å². The van der Waals surface area contributed by atoms with E-state index in [2.05, 4.69) is 44.7 Å². The standard InChI is InChI=1S/C13H9BrN2S/c14-10-7-4-8-11-12(10)15-16-13(17-11)9-5-2-1-3-6-9/h1-8,15H. The summed E-state index contributed by atoms with van der Waals surface area (Å²) in [4.78, 5) is 1.19. The molecule has 0 saturated heterocycles. The zero-order chi connectivity index (χ0) is 11.7. The lowest BCUT2D eigenvalue weighted by Gasteiger charge is -2.17. The van der Waals surface area contributed by atoms with Crippen LogP contribution in [0.25, 0.3) is 0 Å². The van der Waals surface area contributed by atoms with E-state index in [9.17, 15) is 0 Å². The number of anilines is 1. The number of fused-ring (bicyclic) bond motifs is 1. The molecule has 1 aliphatic heterocycles. The fourth-order valence-corrected chi connectivity index (χ4v) is 3.18. The first-order valence-electron chi connectivity index (χ1n) is 5.20. The second-order valence-corrected chi connectivity index (χ2v) is 5.49. The average molecular weight is 305 g/mol. The normalized spacial score (nSPS) is 13.6. The van der Waals surface area contributed by atoms with Crippen molar-refractivity contribution in [3.05, 3.63) is 58.6 Å². The number of thioether (sulfide) groups is 1. The molecule has 1 aliphatic rings. The first-order chi connectivity index (χ1) is 8.34. The molecule has 0 bridgehead atoms. The van der Waals surface area contributed by atoms with E-state index in [0.29, 0.717) is 0 Å². The zero-order valence-corrected chi connectivity index (χ0v) is 11.3. The summed E-state index contributed by atoms with van der Waals surface area (Å²) in [6.07, 6.45) is 0. The number of halogens is 1. The van der Waals surface area contributed by atoms with Crippen molar-refractivity contribution in [2.24, 2.45) is 5.10 Å². The van der Waals surface area contributed by atoms with Crippen LogP contribution in [-0.4, -0.2) is 5.04 Å². The largest absolute Gasteiger partial charge is 0.275 e. The Bertz CT molecular complexity index is 581. The molecular formula is C13H9BrN2S. The number of hydrogen-bond acceptors (Lipinski definition) is 3. The molecule has 0 saturated carbocycles. The van der Waals surface area contributed by atoms with E-state index in [1.165, 1.54) is 4.90 Å². The van der Waals surface area contributed by atoms with Gasteiger partial charge in [0.05, 0.1) is 5.69 Å². The molecule has 3 rings (SSSR count). The SMILES string of the molecule is Brc1cccc2c1NN=C(c1ccccc1)S2. The summed E-state index contributed by atoms with van der Waals surface area (Å²) in [5, 5.41) is 5.40. The quantitative estimate of drug-likeness (QED) is 0.848. The molecule has 0 aliphatic carbocycles. The Labute approximate surface area is 112 Å². The number of nitrogens with zero attached hydrogens (tertiary/aromatic N) is 1. The Balaban J connectivity index is 1.98. The molecule has 1 N–H and O–H groups in total. The molecule has 0 fully saturated rings. The first kappa shape index (κ1) is 10.9. The van der Waals surface area contributed by atoms with Gasteiger partial charge in [-0.25, -0.2) is 0 Å². The van der Waals surface area contributed by atoms with E-state index >= 15 is 0 Å². The fourth-order valence-electron chi connectivity index (χ4n) is 1.64. The number of hydrazone groups is 1. The highest BCUT2D eigenvalue weighted by Crippen LogP contribution is 2.38. The van der Waals surface area contributed by atoms with E-state index in [4.69, 9.17) is 0 Å². The van der Waals surface area contributed by atoms with Gasteiger partial charge in [-0.05, 0) is 28.1 Å². The third-order valence-electron chi connectivity index (χ3n) is 2.47. The zero-order valence-electron chi connectivity index (χ0n) is 8.85. The van der Waals surface area contributed by atoms with Crippen LogP contribution in [0.2, 0.25) is 0 Å². The van der Waals surface area contributed by atoms with Gasteiger partial charge in [0.25, 0.3) is 0 Å². The number of para-hydroxylation sites is 1. The molecule has 1 heterocycles. The van der Waals surface area contributed by atoms with Crippen molar-refractivity contribution >= 4 is 38.4 Å². The van der Waals surface area contributed by atoms with Gasteiger partial charge in [-0.15, -0.1) is 0 Å². The molecular weight excluding hydrogens is 296 g/mol. The van der Waals surface area contributed by atoms with Crippen molar-refractivity contribution in [3.63, 3.8) is 0 Å². The maximum absolute atomic E-state index is 4.40. The fraction of sp³-hybridized carbons (Fsp3) is 0. The summed E-state index contributed by atoms with van der Waals surface area (Å²) in [7, 11) is 0. The molecule has 0 unspecified atom stereocenters. The molecule has 2 aromatic carbocycles. The van der Waals surface area contributed by atoms with Gasteiger partial charge in [-0.3, -0.25) is 5.43 Å². The van der Waals surface area contributed by atoms with Crippen LogP contribution in [0.5, 0.6) is 0 Å². The topological polar surface area (TPSA) is 24.4 Å². The Morgan fingerprint density at radius 2 is 1.82 bits per heavy atom. The van der Waals surface area contributed by atoms with Gasteiger partial charge < -0.3 is 0 Å². The van der Waals surface area contributed by atoms with Crippen molar-refractivity contribution < 1.29 is 0 Å². The van der Waals surface area contributed by atoms with Gasteiger partial charge in [0.2, 0.25) is 0 Å². The minimum atomic E-state index is 0.996. The van der Waals surface area contributed by atoms with E-state index in [0.717, 1.165) is 20.8 Å². The summed E-state index contributed by atoms with van der Waals surface area (Å²) in [6, 6.07) is 16.3. The maximum atomic E-state index is 4.40. The minimum absolute atomic E-state index is 0.996. The molecule has 0 aromatic heterocycles. The van der Waals surface area contributed by atoms with Gasteiger partial charge in [-0.2, -0.15) is 5.10 Å². The Kier molecular flexibility index (Phi) is 2.91. The summed E-state index contributed by atoms with van der Waals surface area (Å²) >= 11 is 5.19. The van der Waals surface area contributed by atoms with Crippen molar-refractivity contribution in [2.45, 2.75) is 4.90 Å². The molecule has 2 aromatic rings. The van der Waals surface area contributed by atoms with Crippen LogP contribution in [0.4, 0.5) is 5.69 Å². The lowest BCUT2D eigenvalue weighted by molar-refractivity contribution is 1.26. The Hall–Kier alpha value is -1.26. The van der Waals surface area contributed by atoms with Gasteiger partial charge in [0.15, 0.2) is 0 Å². The van der Waals surface area contributed by atoms with Crippen molar-refractivity contribution in [1.82, 2.24) is 0 Å².